The molecule has 0 saturated heterocycles. The molecule has 0 unspecified atom stereocenters. The molecule has 2 N–H and O–H groups in total. The van der Waals surface area contributed by atoms with Crippen molar-refractivity contribution < 1.29 is 5.11 Å². The molecule has 132 valence electrons. The van der Waals surface area contributed by atoms with Crippen molar-refractivity contribution >= 4 is 29.9 Å². The van der Waals surface area contributed by atoms with Crippen LogP contribution in [0.15, 0.2) is 11.3 Å². The van der Waals surface area contributed by atoms with Crippen molar-refractivity contribution in [3.8, 4) is 0 Å². The maximum atomic E-state index is 10.6. The van der Waals surface area contributed by atoms with Gasteiger partial charge in [-0.1, -0.05) is 19.3 Å². The highest BCUT2D eigenvalue weighted by molar-refractivity contribution is 14.0. The van der Waals surface area contributed by atoms with Crippen LogP contribution in [0.25, 0.3) is 0 Å². The van der Waals surface area contributed by atoms with Gasteiger partial charge < -0.3 is 15.3 Å². The van der Waals surface area contributed by atoms with Crippen molar-refractivity contribution in [3.63, 3.8) is 0 Å². The minimum atomic E-state index is -0.634. The minimum Gasteiger partial charge on any atom is -0.388 e. The molecule has 1 heterocycles. The zero-order valence-corrected chi connectivity index (χ0v) is 16.7. The fourth-order valence-electron chi connectivity index (χ4n) is 2.81. The van der Waals surface area contributed by atoms with Gasteiger partial charge in [0.25, 0.3) is 0 Å². The van der Waals surface area contributed by atoms with Gasteiger partial charge in [0.05, 0.1) is 18.7 Å². The van der Waals surface area contributed by atoms with E-state index in [1.54, 1.807) is 11.0 Å². The third kappa shape index (κ3) is 5.91. The fraction of sp³-hybridized carbons (Fsp3) is 0.800. The van der Waals surface area contributed by atoms with Crippen molar-refractivity contribution in [3.05, 3.63) is 12.2 Å². The van der Waals surface area contributed by atoms with Crippen LogP contribution in [0, 0.1) is 0 Å². The van der Waals surface area contributed by atoms with E-state index in [0.717, 1.165) is 44.0 Å². The Kier molecular flexibility index (Phi) is 8.24. The average molecular weight is 436 g/mol. The molecule has 1 aliphatic carbocycles. The number of guanidine groups is 1. The van der Waals surface area contributed by atoms with Gasteiger partial charge >= 0.3 is 0 Å². The zero-order valence-electron chi connectivity index (χ0n) is 14.3. The third-order valence-electron chi connectivity index (χ3n) is 4.19. The second kappa shape index (κ2) is 9.41. The van der Waals surface area contributed by atoms with Gasteiger partial charge in [-0.05, 0) is 19.8 Å². The third-order valence-corrected chi connectivity index (χ3v) is 4.19. The van der Waals surface area contributed by atoms with Crippen molar-refractivity contribution in [2.45, 2.75) is 51.2 Å². The predicted molar refractivity (Wildman–Crippen MR) is 102 cm³/mol. The highest BCUT2D eigenvalue weighted by atomic mass is 127. The molecule has 2 rings (SSSR count). The van der Waals surface area contributed by atoms with Gasteiger partial charge in [-0.15, -0.1) is 24.0 Å². The van der Waals surface area contributed by atoms with Crippen LogP contribution in [0.5, 0.6) is 0 Å². The molecule has 23 heavy (non-hydrogen) atoms. The van der Waals surface area contributed by atoms with Crippen LogP contribution in [-0.2, 0) is 13.6 Å². The van der Waals surface area contributed by atoms with E-state index < -0.39 is 5.60 Å². The van der Waals surface area contributed by atoms with Gasteiger partial charge in [0.2, 0.25) is 0 Å². The van der Waals surface area contributed by atoms with Crippen LogP contribution in [0.1, 0.15) is 44.9 Å². The Labute approximate surface area is 155 Å². The molecule has 0 aromatic carbocycles. The Morgan fingerprint density at radius 1 is 1.43 bits per heavy atom. The SMILES string of the molecule is CCNC(=NCC1(O)CCCCC1)N(C)Cc1ncnn1C.I. The van der Waals surface area contributed by atoms with Crippen molar-refractivity contribution in [1.82, 2.24) is 25.0 Å². The summed E-state index contributed by atoms with van der Waals surface area (Å²) >= 11 is 0. The zero-order chi connectivity index (χ0) is 16.0. The molecular formula is C15H29IN6O. The number of aliphatic hydroxyl groups is 1. The van der Waals surface area contributed by atoms with Gasteiger partial charge in [0.1, 0.15) is 12.2 Å². The van der Waals surface area contributed by atoms with Crippen LogP contribution >= 0.6 is 24.0 Å². The van der Waals surface area contributed by atoms with Crippen LogP contribution in [0.4, 0.5) is 0 Å². The van der Waals surface area contributed by atoms with Gasteiger partial charge in [-0.25, -0.2) is 4.98 Å². The number of aromatic nitrogens is 3. The van der Waals surface area contributed by atoms with Crippen LogP contribution in [0.2, 0.25) is 0 Å². The summed E-state index contributed by atoms with van der Waals surface area (Å²) in [6.07, 6.45) is 6.66. The van der Waals surface area contributed by atoms with E-state index in [9.17, 15) is 5.11 Å². The summed E-state index contributed by atoms with van der Waals surface area (Å²) in [6, 6.07) is 0. The molecule has 0 spiro atoms. The summed E-state index contributed by atoms with van der Waals surface area (Å²) in [5, 5.41) is 18.0. The van der Waals surface area contributed by atoms with E-state index in [4.69, 9.17) is 0 Å². The molecule has 0 amide bonds. The molecule has 0 radical (unpaired) electrons. The number of hydrogen-bond donors (Lipinski definition) is 2. The Morgan fingerprint density at radius 3 is 2.70 bits per heavy atom. The Hall–Kier alpha value is -0.900. The lowest BCUT2D eigenvalue weighted by Crippen LogP contribution is -2.41. The number of halogens is 1. The van der Waals surface area contributed by atoms with E-state index in [2.05, 4.69) is 20.4 Å². The highest BCUT2D eigenvalue weighted by Gasteiger charge is 2.29. The molecule has 7 nitrogen and oxygen atoms in total. The molecular weight excluding hydrogens is 407 g/mol. The first-order chi connectivity index (χ1) is 10.5. The van der Waals surface area contributed by atoms with Gasteiger partial charge in [-0.3, -0.25) is 9.67 Å². The van der Waals surface area contributed by atoms with Crippen molar-refractivity contribution in [1.29, 1.82) is 0 Å². The van der Waals surface area contributed by atoms with E-state index >= 15 is 0 Å². The van der Waals surface area contributed by atoms with Crippen LogP contribution in [0.3, 0.4) is 0 Å². The molecule has 1 fully saturated rings. The number of hydrogen-bond acceptors (Lipinski definition) is 4. The van der Waals surface area contributed by atoms with Gasteiger partial charge in [0.15, 0.2) is 5.96 Å². The second-order valence-electron chi connectivity index (χ2n) is 6.11. The Balaban J connectivity index is 0.00000264. The van der Waals surface area contributed by atoms with Crippen molar-refractivity contribution in [2.75, 3.05) is 20.1 Å². The average Bonchev–Trinajstić information content (AvgIpc) is 2.89. The lowest BCUT2D eigenvalue weighted by molar-refractivity contribution is 0.0130. The maximum Gasteiger partial charge on any atom is 0.194 e. The highest BCUT2D eigenvalue weighted by Crippen LogP contribution is 2.28. The summed E-state index contributed by atoms with van der Waals surface area (Å²) in [5.74, 6) is 1.67. The lowest BCUT2D eigenvalue weighted by Gasteiger charge is -2.31. The lowest BCUT2D eigenvalue weighted by atomic mass is 9.85. The van der Waals surface area contributed by atoms with Crippen molar-refractivity contribution in [2.24, 2.45) is 12.0 Å². The van der Waals surface area contributed by atoms with Gasteiger partial charge in [0, 0.05) is 20.6 Å². The van der Waals surface area contributed by atoms with Crippen LogP contribution in [-0.4, -0.2) is 56.5 Å². The van der Waals surface area contributed by atoms with E-state index in [0.29, 0.717) is 13.1 Å². The first-order valence-corrected chi connectivity index (χ1v) is 8.09. The molecule has 1 aromatic heterocycles. The normalized spacial score (nSPS) is 17.5. The maximum absolute atomic E-state index is 10.6. The molecule has 1 aliphatic rings. The summed E-state index contributed by atoms with van der Waals surface area (Å²) in [4.78, 5) is 10.9. The Bertz CT molecular complexity index is 498. The Morgan fingerprint density at radius 2 is 2.13 bits per heavy atom. The van der Waals surface area contributed by atoms with Crippen LogP contribution < -0.4 is 5.32 Å². The summed E-state index contributed by atoms with van der Waals surface area (Å²) in [5.41, 5.74) is -0.634. The predicted octanol–water partition coefficient (Wildman–Crippen LogP) is 1.53. The number of aryl methyl sites for hydroxylation is 1. The van der Waals surface area contributed by atoms with E-state index in [1.807, 2.05) is 25.9 Å². The fourth-order valence-corrected chi connectivity index (χ4v) is 2.81. The standard InChI is InChI=1S/C15H28N6O.HI/c1-4-16-14(17-11-15(22)8-6-5-7-9-15)20(2)10-13-18-12-19-21(13)3;/h12,22H,4-11H2,1-3H3,(H,16,17);1H. The first kappa shape index (κ1) is 20.1. The number of aliphatic imine (C=N–C) groups is 1. The van der Waals surface area contributed by atoms with Gasteiger partial charge in [-0.2, -0.15) is 5.10 Å². The number of rotatable bonds is 5. The quantitative estimate of drug-likeness (QED) is 0.416. The summed E-state index contributed by atoms with van der Waals surface area (Å²) < 4.78 is 1.76. The number of nitrogens with zero attached hydrogens (tertiary/aromatic N) is 5. The van der Waals surface area contributed by atoms with E-state index in [-0.39, 0.29) is 24.0 Å². The molecule has 1 saturated carbocycles. The molecule has 0 atom stereocenters. The first-order valence-electron chi connectivity index (χ1n) is 8.09. The smallest absolute Gasteiger partial charge is 0.194 e. The monoisotopic (exact) mass is 436 g/mol. The molecule has 0 aliphatic heterocycles. The second-order valence-corrected chi connectivity index (χ2v) is 6.11. The molecule has 1 aromatic rings. The molecule has 8 heteroatoms. The summed E-state index contributed by atoms with van der Waals surface area (Å²) in [6.45, 7) is 3.92. The molecule has 0 bridgehead atoms. The van der Waals surface area contributed by atoms with E-state index in [1.165, 1.54) is 6.42 Å². The largest absolute Gasteiger partial charge is 0.388 e. The minimum absolute atomic E-state index is 0. The number of nitrogens with one attached hydrogen (secondary N) is 1. The topological polar surface area (TPSA) is 78.6 Å². The summed E-state index contributed by atoms with van der Waals surface area (Å²) in [7, 11) is 3.85.